The van der Waals surface area contributed by atoms with Crippen LogP contribution in [0.15, 0.2) is 0 Å². The Morgan fingerprint density at radius 1 is 1.16 bits per heavy atom. The van der Waals surface area contributed by atoms with Crippen LogP contribution in [0.4, 0.5) is 3.89 Å². The molecule has 8 unspecified atom stereocenters. The van der Waals surface area contributed by atoms with Crippen molar-refractivity contribution in [1.29, 1.82) is 0 Å². The molecule has 6 N–H and O–H groups in total. The number of nitrogens with one attached hydrogen (secondary N) is 6. The van der Waals surface area contributed by atoms with Gasteiger partial charge in [-0.3, -0.25) is 15.0 Å². The largest absolute Gasteiger partial charge is 0.437 e. The van der Waals surface area contributed by atoms with Crippen molar-refractivity contribution in [3.8, 4) is 12.3 Å². The van der Waals surface area contributed by atoms with E-state index in [2.05, 4.69) is 54.2 Å². The molecule has 2 saturated heterocycles. The van der Waals surface area contributed by atoms with E-state index in [0.717, 1.165) is 51.9 Å². The van der Waals surface area contributed by atoms with Gasteiger partial charge >= 0.3 is 10.5 Å². The van der Waals surface area contributed by atoms with Crippen LogP contribution >= 0.6 is 0 Å². The Bertz CT molecular complexity index is 913. The average Bonchev–Trinajstić information content (AvgIpc) is 3.26. The topological polar surface area (TPSA) is 136 Å². The van der Waals surface area contributed by atoms with Crippen molar-refractivity contribution >= 4 is 16.4 Å². The van der Waals surface area contributed by atoms with Crippen molar-refractivity contribution in [2.45, 2.75) is 81.9 Å². The molecule has 0 bridgehead atoms. The van der Waals surface area contributed by atoms with Gasteiger partial charge in [-0.15, -0.1) is 12.3 Å². The summed E-state index contributed by atoms with van der Waals surface area (Å²) < 4.78 is 40.1. The van der Waals surface area contributed by atoms with Crippen LogP contribution < -0.4 is 32.1 Å². The molecule has 2 aliphatic heterocycles. The number of hydrazine groups is 1. The van der Waals surface area contributed by atoms with Gasteiger partial charge in [-0.05, 0) is 58.5 Å². The van der Waals surface area contributed by atoms with Crippen molar-refractivity contribution < 1.29 is 21.3 Å². The van der Waals surface area contributed by atoms with Gasteiger partial charge in [0.05, 0.1) is 18.4 Å². The standard InChI is InChI=1S/C24H42FN7O4S/c1-3-16-7-8-18(21(11-16)36-37(25,34)35)13-28-24(33)17-5-4-6-19(12-17)27-14-22-30-31-23(32(22)2)20-9-10-26-15-29-20/h1,16-23,26-27,29-31H,4-15H2,2H3,(H,28,33). The van der Waals surface area contributed by atoms with Gasteiger partial charge in [-0.1, -0.05) is 10.3 Å². The fraction of sp³-hybridized carbons (Fsp3) is 0.875. The van der Waals surface area contributed by atoms with Crippen LogP contribution in [-0.4, -0.2) is 83.1 Å². The molecule has 13 heteroatoms. The Balaban J connectivity index is 1.21. The minimum atomic E-state index is -5.09. The highest BCUT2D eigenvalue weighted by atomic mass is 32.3. The zero-order valence-electron chi connectivity index (χ0n) is 21.5. The Morgan fingerprint density at radius 2 is 2.00 bits per heavy atom. The Kier molecular flexibility index (Phi) is 10.2. The first-order valence-electron chi connectivity index (χ1n) is 13.5. The lowest BCUT2D eigenvalue weighted by Crippen LogP contribution is -2.58. The van der Waals surface area contributed by atoms with Crippen molar-refractivity contribution in [1.82, 2.24) is 37.0 Å². The molecular weight excluding hydrogens is 501 g/mol. The third-order valence-electron chi connectivity index (χ3n) is 8.42. The minimum absolute atomic E-state index is 0.0396. The number of hydrogen-bond donors (Lipinski definition) is 6. The molecule has 2 heterocycles. The predicted octanol–water partition coefficient (Wildman–Crippen LogP) is -0.499. The van der Waals surface area contributed by atoms with Gasteiger partial charge in [0, 0.05) is 49.6 Å². The Labute approximate surface area is 220 Å². The number of carbonyl (C=O) groups is 1. The van der Waals surface area contributed by atoms with E-state index in [-0.39, 0.29) is 55.0 Å². The molecular formula is C24H42FN7O4S. The van der Waals surface area contributed by atoms with Crippen LogP contribution in [0.25, 0.3) is 0 Å². The lowest BCUT2D eigenvalue weighted by atomic mass is 9.80. The summed E-state index contributed by atoms with van der Waals surface area (Å²) in [6, 6.07) is 0.623. The summed E-state index contributed by atoms with van der Waals surface area (Å²) >= 11 is 0. The van der Waals surface area contributed by atoms with E-state index in [1.54, 1.807) is 0 Å². The summed E-state index contributed by atoms with van der Waals surface area (Å²) in [6.45, 7) is 2.84. The second-order valence-corrected chi connectivity index (χ2v) is 11.8. The molecule has 0 aromatic carbocycles. The molecule has 0 spiro atoms. The van der Waals surface area contributed by atoms with Gasteiger partial charge in [-0.25, -0.2) is 15.0 Å². The lowest BCUT2D eigenvalue weighted by molar-refractivity contribution is -0.126. The van der Waals surface area contributed by atoms with E-state index >= 15 is 0 Å². The minimum Gasteiger partial charge on any atom is -0.355 e. The van der Waals surface area contributed by atoms with Crippen molar-refractivity contribution in [3.63, 3.8) is 0 Å². The quantitative estimate of drug-likeness (QED) is 0.167. The van der Waals surface area contributed by atoms with Gasteiger partial charge < -0.3 is 16.0 Å². The molecule has 0 radical (unpaired) electrons. The van der Waals surface area contributed by atoms with E-state index < -0.39 is 16.6 Å². The molecule has 1 amide bonds. The first-order chi connectivity index (χ1) is 17.7. The zero-order chi connectivity index (χ0) is 26.4. The van der Waals surface area contributed by atoms with Crippen molar-refractivity contribution in [2.75, 3.05) is 33.4 Å². The SMILES string of the molecule is C#CC1CCC(CNC(=O)C2CCCC(NCC3NNC(C4CCNCN4)N3C)C2)C(OS(=O)(=O)F)C1. The predicted molar refractivity (Wildman–Crippen MR) is 137 cm³/mol. The number of nitrogens with zero attached hydrogens (tertiary/aromatic N) is 1. The Morgan fingerprint density at radius 3 is 2.73 bits per heavy atom. The van der Waals surface area contributed by atoms with E-state index in [0.29, 0.717) is 18.9 Å². The lowest BCUT2D eigenvalue weighted by Gasteiger charge is -2.35. The van der Waals surface area contributed by atoms with E-state index in [4.69, 9.17) is 6.42 Å². The number of carbonyl (C=O) groups excluding carboxylic acids is 1. The summed E-state index contributed by atoms with van der Waals surface area (Å²) in [5, 5.41) is 13.4. The first-order valence-corrected chi connectivity index (χ1v) is 14.8. The van der Waals surface area contributed by atoms with Crippen LogP contribution in [0, 0.1) is 30.1 Å². The van der Waals surface area contributed by atoms with Crippen molar-refractivity contribution in [2.24, 2.45) is 17.8 Å². The second-order valence-electron chi connectivity index (χ2n) is 10.9. The maximum Gasteiger partial charge on any atom is 0.437 e. The third-order valence-corrected chi connectivity index (χ3v) is 8.89. The third kappa shape index (κ3) is 8.06. The maximum absolute atomic E-state index is 13.2. The van der Waals surface area contributed by atoms with E-state index in [1.165, 1.54) is 0 Å². The van der Waals surface area contributed by atoms with E-state index in [9.17, 15) is 17.1 Å². The Hall–Kier alpha value is -1.37. The highest BCUT2D eigenvalue weighted by molar-refractivity contribution is 7.81. The molecule has 0 aromatic heterocycles. The maximum atomic E-state index is 13.2. The van der Waals surface area contributed by atoms with Gasteiger partial charge in [0.1, 0.15) is 0 Å². The molecule has 4 aliphatic rings. The molecule has 37 heavy (non-hydrogen) atoms. The number of halogens is 1. The van der Waals surface area contributed by atoms with Gasteiger partial charge in [0.2, 0.25) is 5.91 Å². The fourth-order valence-corrected chi connectivity index (χ4v) is 6.72. The van der Waals surface area contributed by atoms with Crippen LogP contribution in [0.1, 0.15) is 51.4 Å². The summed E-state index contributed by atoms with van der Waals surface area (Å²) in [6.07, 6.45) is 11.1. The van der Waals surface area contributed by atoms with Crippen LogP contribution in [0.3, 0.4) is 0 Å². The average molecular weight is 544 g/mol. The monoisotopic (exact) mass is 543 g/mol. The number of hydrogen-bond acceptors (Lipinski definition) is 10. The smallest absolute Gasteiger partial charge is 0.355 e. The van der Waals surface area contributed by atoms with Gasteiger partial charge in [0.15, 0.2) is 0 Å². The first kappa shape index (κ1) is 28.6. The summed E-state index contributed by atoms with van der Waals surface area (Å²) in [7, 11) is -2.97. The number of rotatable bonds is 9. The number of terminal acetylenes is 1. The van der Waals surface area contributed by atoms with Crippen LogP contribution in [-0.2, 0) is 19.5 Å². The molecule has 210 valence electrons. The molecule has 2 aliphatic carbocycles. The van der Waals surface area contributed by atoms with Crippen LogP contribution in [0.5, 0.6) is 0 Å². The molecule has 8 atom stereocenters. The van der Waals surface area contributed by atoms with Crippen molar-refractivity contribution in [3.05, 3.63) is 0 Å². The zero-order valence-corrected chi connectivity index (χ0v) is 22.4. The molecule has 11 nitrogen and oxygen atoms in total. The molecule has 0 aromatic rings. The highest BCUT2D eigenvalue weighted by Gasteiger charge is 2.37. The fourth-order valence-electron chi connectivity index (χ4n) is 6.19. The molecule has 4 rings (SSSR count). The number of likely N-dealkylation sites (N-methyl/N-ethyl adjacent to an activating group) is 1. The summed E-state index contributed by atoms with van der Waals surface area (Å²) in [5.74, 6) is 2.00. The van der Waals surface area contributed by atoms with E-state index in [1.807, 2.05) is 0 Å². The highest BCUT2D eigenvalue weighted by Crippen LogP contribution is 2.32. The van der Waals surface area contributed by atoms with Gasteiger partial charge in [0.25, 0.3) is 0 Å². The number of amides is 1. The summed E-state index contributed by atoms with van der Waals surface area (Å²) in [5.41, 5.74) is 6.80. The molecule has 2 saturated carbocycles. The van der Waals surface area contributed by atoms with Crippen LogP contribution in [0.2, 0.25) is 0 Å². The second kappa shape index (κ2) is 13.1. The normalized spacial score (nSPS) is 37.6. The summed E-state index contributed by atoms with van der Waals surface area (Å²) in [4.78, 5) is 15.3. The van der Waals surface area contributed by atoms with Gasteiger partial charge in [-0.2, -0.15) is 8.42 Å². The molecule has 4 fully saturated rings.